The molecule has 1 aromatic carbocycles. The summed E-state index contributed by atoms with van der Waals surface area (Å²) in [6.45, 7) is 1.98. The molecule has 0 aliphatic rings. The van der Waals surface area contributed by atoms with E-state index in [1.165, 1.54) is 12.1 Å². The lowest BCUT2D eigenvalue weighted by Crippen LogP contribution is -2.31. The molecular formula is C14H22FN3O. The number of anilines is 1. The molecule has 0 saturated carbocycles. The van der Waals surface area contributed by atoms with Crippen LogP contribution >= 0.6 is 0 Å². The van der Waals surface area contributed by atoms with Crippen molar-refractivity contribution >= 4 is 11.6 Å². The largest absolute Gasteiger partial charge is 0.371 e. The van der Waals surface area contributed by atoms with Crippen LogP contribution in [-0.4, -0.2) is 44.5 Å². The first-order valence-electron chi connectivity index (χ1n) is 6.45. The van der Waals surface area contributed by atoms with E-state index in [9.17, 15) is 9.18 Å². The molecule has 1 aromatic rings. The van der Waals surface area contributed by atoms with Crippen LogP contribution in [0.25, 0.3) is 0 Å². The van der Waals surface area contributed by atoms with Crippen molar-refractivity contribution in [2.45, 2.75) is 12.8 Å². The van der Waals surface area contributed by atoms with Crippen molar-refractivity contribution in [2.24, 2.45) is 5.73 Å². The molecule has 0 aliphatic heterocycles. The number of hydrogen-bond acceptors (Lipinski definition) is 3. The van der Waals surface area contributed by atoms with Crippen LogP contribution < -0.4 is 10.6 Å². The van der Waals surface area contributed by atoms with Crippen molar-refractivity contribution < 1.29 is 9.18 Å². The van der Waals surface area contributed by atoms with E-state index >= 15 is 0 Å². The van der Waals surface area contributed by atoms with E-state index in [0.717, 1.165) is 18.7 Å². The number of halogens is 1. The molecule has 0 fully saturated rings. The van der Waals surface area contributed by atoms with Crippen LogP contribution in [0.15, 0.2) is 24.3 Å². The van der Waals surface area contributed by atoms with Gasteiger partial charge < -0.3 is 15.5 Å². The van der Waals surface area contributed by atoms with E-state index in [-0.39, 0.29) is 11.7 Å². The lowest BCUT2D eigenvalue weighted by atomic mass is 10.2. The van der Waals surface area contributed by atoms with Crippen molar-refractivity contribution in [2.75, 3.05) is 38.6 Å². The molecule has 0 radical (unpaired) electrons. The molecule has 106 valence electrons. The zero-order valence-electron chi connectivity index (χ0n) is 11.6. The second-order valence-corrected chi connectivity index (χ2v) is 4.64. The number of benzene rings is 1. The average molecular weight is 267 g/mol. The smallest absolute Gasteiger partial charge is 0.223 e. The molecule has 0 spiro atoms. The number of carbonyl (C=O) groups excluding carboxylic acids is 1. The van der Waals surface area contributed by atoms with E-state index in [1.807, 2.05) is 0 Å². The second-order valence-electron chi connectivity index (χ2n) is 4.64. The Balaban J connectivity index is 2.66. The summed E-state index contributed by atoms with van der Waals surface area (Å²) >= 11 is 0. The summed E-state index contributed by atoms with van der Waals surface area (Å²) in [5.41, 5.74) is 6.44. The van der Waals surface area contributed by atoms with Crippen molar-refractivity contribution in [1.82, 2.24) is 4.90 Å². The zero-order valence-corrected chi connectivity index (χ0v) is 11.6. The highest BCUT2D eigenvalue weighted by molar-refractivity contribution is 5.76. The van der Waals surface area contributed by atoms with Gasteiger partial charge in [-0.3, -0.25) is 4.79 Å². The maximum Gasteiger partial charge on any atom is 0.223 e. The summed E-state index contributed by atoms with van der Waals surface area (Å²) in [4.78, 5) is 15.3. The maximum absolute atomic E-state index is 12.9. The van der Waals surface area contributed by atoms with E-state index in [0.29, 0.717) is 19.5 Å². The van der Waals surface area contributed by atoms with Crippen LogP contribution in [0.2, 0.25) is 0 Å². The van der Waals surface area contributed by atoms with Gasteiger partial charge >= 0.3 is 0 Å². The van der Waals surface area contributed by atoms with Gasteiger partial charge in [-0.2, -0.15) is 0 Å². The van der Waals surface area contributed by atoms with E-state index in [1.54, 1.807) is 31.1 Å². The topological polar surface area (TPSA) is 49.6 Å². The first kappa shape index (κ1) is 15.4. The Hall–Kier alpha value is -1.62. The molecule has 1 amide bonds. The Morgan fingerprint density at radius 3 is 2.37 bits per heavy atom. The van der Waals surface area contributed by atoms with Crippen molar-refractivity contribution in [3.63, 3.8) is 0 Å². The molecule has 1 rings (SSSR count). The number of rotatable bonds is 7. The summed E-state index contributed by atoms with van der Waals surface area (Å²) in [6, 6.07) is 6.31. The lowest BCUT2D eigenvalue weighted by molar-refractivity contribution is -0.128. The molecule has 4 nitrogen and oxygen atoms in total. The number of amides is 1. The summed E-state index contributed by atoms with van der Waals surface area (Å²) in [5.74, 6) is -0.174. The minimum atomic E-state index is -0.258. The SMILES string of the molecule is CN(C)C(=O)CCN(CCCN)c1ccc(F)cc1. The van der Waals surface area contributed by atoms with Crippen molar-refractivity contribution in [3.05, 3.63) is 30.1 Å². The third kappa shape index (κ3) is 5.26. The third-order valence-electron chi connectivity index (χ3n) is 2.92. The molecule has 19 heavy (non-hydrogen) atoms. The summed E-state index contributed by atoms with van der Waals surface area (Å²) in [6.07, 6.45) is 1.28. The predicted octanol–water partition coefficient (Wildman–Crippen LogP) is 1.46. The standard InChI is InChI=1S/C14H22FN3O/c1-17(2)14(19)8-11-18(10-3-9-16)13-6-4-12(15)5-7-13/h4-7H,3,8-11,16H2,1-2H3. The fourth-order valence-corrected chi connectivity index (χ4v) is 1.76. The second kappa shape index (κ2) is 7.74. The van der Waals surface area contributed by atoms with Crippen molar-refractivity contribution in [3.8, 4) is 0 Å². The molecule has 0 aromatic heterocycles. The van der Waals surface area contributed by atoms with Crippen molar-refractivity contribution in [1.29, 1.82) is 0 Å². The van der Waals surface area contributed by atoms with Gasteiger partial charge in [0.25, 0.3) is 0 Å². The van der Waals surface area contributed by atoms with Crippen LogP contribution in [0, 0.1) is 5.82 Å². The van der Waals surface area contributed by atoms with Crippen LogP contribution in [0.3, 0.4) is 0 Å². The summed E-state index contributed by atoms with van der Waals surface area (Å²) in [7, 11) is 3.48. The van der Waals surface area contributed by atoms with Gasteiger partial charge in [0.1, 0.15) is 5.82 Å². The van der Waals surface area contributed by atoms with Crippen LogP contribution in [0.1, 0.15) is 12.8 Å². The summed E-state index contributed by atoms with van der Waals surface area (Å²) < 4.78 is 12.9. The van der Waals surface area contributed by atoms with Crippen LogP contribution in [0.5, 0.6) is 0 Å². The Labute approximate surface area is 114 Å². The molecule has 5 heteroatoms. The van der Waals surface area contributed by atoms with Gasteiger partial charge in [-0.25, -0.2) is 4.39 Å². The Morgan fingerprint density at radius 1 is 1.21 bits per heavy atom. The average Bonchev–Trinajstić information content (AvgIpc) is 2.39. The fraction of sp³-hybridized carbons (Fsp3) is 0.500. The number of carbonyl (C=O) groups is 1. The number of hydrogen-bond donors (Lipinski definition) is 1. The van der Waals surface area contributed by atoms with Gasteiger partial charge in [0.15, 0.2) is 0 Å². The predicted molar refractivity (Wildman–Crippen MR) is 75.6 cm³/mol. The van der Waals surface area contributed by atoms with Gasteiger partial charge in [0.2, 0.25) is 5.91 Å². The highest BCUT2D eigenvalue weighted by Gasteiger charge is 2.10. The van der Waals surface area contributed by atoms with Gasteiger partial charge in [0, 0.05) is 39.3 Å². The number of nitrogens with two attached hydrogens (primary N) is 1. The van der Waals surface area contributed by atoms with Gasteiger partial charge in [-0.15, -0.1) is 0 Å². The number of nitrogens with zero attached hydrogens (tertiary/aromatic N) is 2. The lowest BCUT2D eigenvalue weighted by Gasteiger charge is -2.25. The molecule has 0 saturated heterocycles. The van der Waals surface area contributed by atoms with Crippen LogP contribution in [-0.2, 0) is 4.79 Å². The monoisotopic (exact) mass is 267 g/mol. The quantitative estimate of drug-likeness (QED) is 0.813. The highest BCUT2D eigenvalue weighted by Crippen LogP contribution is 2.15. The Kier molecular flexibility index (Phi) is 6.29. The first-order valence-corrected chi connectivity index (χ1v) is 6.45. The minimum absolute atomic E-state index is 0.0832. The fourth-order valence-electron chi connectivity index (χ4n) is 1.76. The Bertz CT molecular complexity index is 392. The Morgan fingerprint density at radius 2 is 1.84 bits per heavy atom. The van der Waals surface area contributed by atoms with Crippen LogP contribution in [0.4, 0.5) is 10.1 Å². The maximum atomic E-state index is 12.9. The summed E-state index contributed by atoms with van der Waals surface area (Å²) in [5, 5.41) is 0. The molecule has 0 aliphatic carbocycles. The van der Waals surface area contributed by atoms with E-state index in [4.69, 9.17) is 5.73 Å². The van der Waals surface area contributed by atoms with Gasteiger partial charge in [0.05, 0.1) is 0 Å². The van der Waals surface area contributed by atoms with Gasteiger partial charge in [-0.05, 0) is 37.2 Å². The molecule has 2 N–H and O–H groups in total. The van der Waals surface area contributed by atoms with E-state index < -0.39 is 0 Å². The molecular weight excluding hydrogens is 245 g/mol. The molecule has 0 bridgehead atoms. The normalized spacial score (nSPS) is 10.3. The zero-order chi connectivity index (χ0) is 14.3. The minimum Gasteiger partial charge on any atom is -0.371 e. The molecule has 0 unspecified atom stereocenters. The molecule has 0 heterocycles. The van der Waals surface area contributed by atoms with E-state index in [2.05, 4.69) is 4.90 Å². The first-order chi connectivity index (χ1) is 9.04. The molecule has 0 atom stereocenters. The van der Waals surface area contributed by atoms with Gasteiger partial charge in [-0.1, -0.05) is 0 Å². The third-order valence-corrected chi connectivity index (χ3v) is 2.92. The highest BCUT2D eigenvalue weighted by atomic mass is 19.1.